The molecule has 0 fully saturated rings. The summed E-state index contributed by atoms with van der Waals surface area (Å²) in [6, 6.07) is 14.0. The minimum Gasteiger partial charge on any atom is -0.481 e. The maximum absolute atomic E-state index is 12.3. The van der Waals surface area contributed by atoms with Crippen molar-refractivity contribution in [3.8, 4) is 5.75 Å². The van der Waals surface area contributed by atoms with Crippen LogP contribution >= 0.6 is 23.2 Å². The standard InChI is InChI=1S/C16H15Cl2NO2/c1-2-15(21-12-7-5-6-11(17)10-12)16(20)19-14-9-4-3-8-13(14)18/h3-10,15H,2H2,1H3,(H,19,20). The molecule has 0 radical (unpaired) electrons. The molecule has 1 unspecified atom stereocenters. The largest absolute Gasteiger partial charge is 0.481 e. The Morgan fingerprint density at radius 1 is 1.19 bits per heavy atom. The summed E-state index contributed by atoms with van der Waals surface area (Å²) >= 11 is 11.9. The van der Waals surface area contributed by atoms with Gasteiger partial charge in [0.15, 0.2) is 6.10 Å². The van der Waals surface area contributed by atoms with Crippen LogP contribution in [0, 0.1) is 0 Å². The number of hydrogen-bond acceptors (Lipinski definition) is 2. The number of nitrogens with one attached hydrogen (secondary N) is 1. The van der Waals surface area contributed by atoms with Gasteiger partial charge in [-0.15, -0.1) is 0 Å². The van der Waals surface area contributed by atoms with Gasteiger partial charge in [0.25, 0.3) is 5.91 Å². The van der Waals surface area contributed by atoms with E-state index in [1.165, 1.54) is 0 Å². The predicted octanol–water partition coefficient (Wildman–Crippen LogP) is 4.79. The van der Waals surface area contributed by atoms with Crippen LogP contribution in [0.4, 0.5) is 5.69 Å². The summed E-state index contributed by atoms with van der Waals surface area (Å²) in [6.07, 6.45) is -0.0808. The van der Waals surface area contributed by atoms with Crippen molar-refractivity contribution >= 4 is 34.8 Å². The highest BCUT2D eigenvalue weighted by molar-refractivity contribution is 6.33. The molecule has 2 aromatic rings. The fraction of sp³-hybridized carbons (Fsp3) is 0.188. The van der Waals surface area contributed by atoms with E-state index in [-0.39, 0.29) is 5.91 Å². The van der Waals surface area contributed by atoms with E-state index in [1.54, 1.807) is 48.5 Å². The molecule has 0 saturated heterocycles. The Bertz CT molecular complexity index is 631. The van der Waals surface area contributed by atoms with Gasteiger partial charge < -0.3 is 10.1 Å². The summed E-state index contributed by atoms with van der Waals surface area (Å²) in [7, 11) is 0. The highest BCUT2D eigenvalue weighted by Gasteiger charge is 2.19. The van der Waals surface area contributed by atoms with Crippen molar-refractivity contribution < 1.29 is 9.53 Å². The molecular formula is C16H15Cl2NO2. The Labute approximate surface area is 133 Å². The van der Waals surface area contributed by atoms with Crippen molar-refractivity contribution in [1.82, 2.24) is 0 Å². The maximum Gasteiger partial charge on any atom is 0.265 e. The molecule has 2 rings (SSSR count). The van der Waals surface area contributed by atoms with Crippen LogP contribution in [0.3, 0.4) is 0 Å². The number of rotatable bonds is 5. The zero-order chi connectivity index (χ0) is 15.2. The Morgan fingerprint density at radius 3 is 2.62 bits per heavy atom. The van der Waals surface area contributed by atoms with Crippen LogP contribution in [0.25, 0.3) is 0 Å². The van der Waals surface area contributed by atoms with Crippen molar-refractivity contribution in [2.24, 2.45) is 0 Å². The Hall–Kier alpha value is -1.71. The van der Waals surface area contributed by atoms with E-state index >= 15 is 0 Å². The molecule has 1 N–H and O–H groups in total. The Kier molecular flexibility index (Phi) is 5.48. The first-order valence-electron chi connectivity index (χ1n) is 6.57. The number of hydrogen-bond donors (Lipinski definition) is 1. The first-order chi connectivity index (χ1) is 10.1. The van der Waals surface area contributed by atoms with E-state index in [0.29, 0.717) is 27.9 Å². The molecule has 0 aliphatic rings. The van der Waals surface area contributed by atoms with Crippen molar-refractivity contribution in [3.63, 3.8) is 0 Å². The zero-order valence-corrected chi connectivity index (χ0v) is 13.0. The van der Waals surface area contributed by atoms with Crippen molar-refractivity contribution in [1.29, 1.82) is 0 Å². The second kappa shape index (κ2) is 7.34. The topological polar surface area (TPSA) is 38.3 Å². The molecule has 5 heteroatoms. The monoisotopic (exact) mass is 323 g/mol. The van der Waals surface area contributed by atoms with Gasteiger partial charge in [-0.25, -0.2) is 0 Å². The number of anilines is 1. The number of amides is 1. The van der Waals surface area contributed by atoms with Crippen molar-refractivity contribution in [3.05, 3.63) is 58.6 Å². The molecule has 1 amide bonds. The van der Waals surface area contributed by atoms with Gasteiger partial charge in [0.1, 0.15) is 5.75 Å². The zero-order valence-electron chi connectivity index (χ0n) is 11.5. The molecule has 0 spiro atoms. The van der Waals surface area contributed by atoms with Gasteiger partial charge in [-0.05, 0) is 36.8 Å². The molecule has 0 bridgehead atoms. The van der Waals surface area contributed by atoms with E-state index in [2.05, 4.69) is 5.32 Å². The van der Waals surface area contributed by atoms with E-state index < -0.39 is 6.10 Å². The van der Waals surface area contributed by atoms with Crippen molar-refractivity contribution in [2.75, 3.05) is 5.32 Å². The van der Waals surface area contributed by atoms with Gasteiger partial charge in [0.05, 0.1) is 10.7 Å². The van der Waals surface area contributed by atoms with Gasteiger partial charge in [-0.3, -0.25) is 4.79 Å². The lowest BCUT2D eigenvalue weighted by atomic mass is 10.2. The number of carbonyl (C=O) groups is 1. The molecule has 3 nitrogen and oxygen atoms in total. The van der Waals surface area contributed by atoms with Gasteiger partial charge in [-0.1, -0.05) is 48.3 Å². The minimum absolute atomic E-state index is 0.245. The summed E-state index contributed by atoms with van der Waals surface area (Å²) in [6.45, 7) is 1.88. The molecule has 0 aromatic heterocycles. The minimum atomic E-state index is -0.611. The average molecular weight is 324 g/mol. The SMILES string of the molecule is CCC(Oc1cccc(Cl)c1)C(=O)Nc1ccccc1Cl. The molecule has 0 saturated carbocycles. The number of halogens is 2. The first-order valence-corrected chi connectivity index (χ1v) is 7.33. The fourth-order valence-corrected chi connectivity index (χ4v) is 2.17. The summed E-state index contributed by atoms with van der Waals surface area (Å²) in [5, 5.41) is 3.82. The highest BCUT2D eigenvalue weighted by atomic mass is 35.5. The van der Waals surface area contributed by atoms with Crippen LogP contribution < -0.4 is 10.1 Å². The van der Waals surface area contributed by atoms with Gasteiger partial charge in [0.2, 0.25) is 0 Å². The van der Waals surface area contributed by atoms with Crippen LogP contribution in [0.5, 0.6) is 5.75 Å². The second-order valence-electron chi connectivity index (χ2n) is 4.44. The molecule has 0 aliphatic heterocycles. The maximum atomic E-state index is 12.3. The molecule has 110 valence electrons. The van der Waals surface area contributed by atoms with Gasteiger partial charge >= 0.3 is 0 Å². The van der Waals surface area contributed by atoms with Gasteiger partial charge in [-0.2, -0.15) is 0 Å². The van der Waals surface area contributed by atoms with E-state index in [0.717, 1.165) is 0 Å². The number of ether oxygens (including phenoxy) is 1. The Balaban J connectivity index is 2.07. The lowest BCUT2D eigenvalue weighted by molar-refractivity contribution is -0.122. The third-order valence-electron chi connectivity index (χ3n) is 2.87. The summed E-state index contributed by atoms with van der Waals surface area (Å²) in [5.41, 5.74) is 0.567. The summed E-state index contributed by atoms with van der Waals surface area (Å²) < 4.78 is 5.68. The summed E-state index contributed by atoms with van der Waals surface area (Å²) in [5.74, 6) is 0.314. The van der Waals surface area contributed by atoms with Crippen molar-refractivity contribution in [2.45, 2.75) is 19.4 Å². The van der Waals surface area contributed by atoms with E-state index in [9.17, 15) is 4.79 Å². The van der Waals surface area contributed by atoms with Crippen LogP contribution in [-0.4, -0.2) is 12.0 Å². The highest BCUT2D eigenvalue weighted by Crippen LogP contribution is 2.22. The van der Waals surface area contributed by atoms with E-state index in [4.69, 9.17) is 27.9 Å². The molecule has 1 atom stereocenters. The van der Waals surface area contributed by atoms with Crippen LogP contribution in [0.15, 0.2) is 48.5 Å². The third-order valence-corrected chi connectivity index (χ3v) is 3.43. The molecule has 2 aromatic carbocycles. The average Bonchev–Trinajstić information content (AvgIpc) is 2.47. The van der Waals surface area contributed by atoms with Crippen LogP contribution in [0.2, 0.25) is 10.0 Å². The predicted molar refractivity (Wildman–Crippen MR) is 86.2 cm³/mol. The molecule has 0 heterocycles. The van der Waals surface area contributed by atoms with E-state index in [1.807, 2.05) is 6.92 Å². The lowest BCUT2D eigenvalue weighted by Gasteiger charge is -2.17. The molecule has 21 heavy (non-hydrogen) atoms. The normalized spacial score (nSPS) is 11.8. The molecule has 0 aliphatic carbocycles. The molecular weight excluding hydrogens is 309 g/mol. The van der Waals surface area contributed by atoms with Crippen LogP contribution in [-0.2, 0) is 4.79 Å². The first kappa shape index (κ1) is 15.7. The van der Waals surface area contributed by atoms with Gasteiger partial charge in [0, 0.05) is 5.02 Å². The number of benzene rings is 2. The fourth-order valence-electron chi connectivity index (χ4n) is 1.80. The Morgan fingerprint density at radius 2 is 1.95 bits per heavy atom. The lowest BCUT2D eigenvalue weighted by Crippen LogP contribution is -2.32. The van der Waals surface area contributed by atoms with Crippen LogP contribution in [0.1, 0.15) is 13.3 Å². The number of carbonyl (C=O) groups excluding carboxylic acids is 1. The smallest absolute Gasteiger partial charge is 0.265 e. The third kappa shape index (κ3) is 4.38. The quantitative estimate of drug-likeness (QED) is 0.859. The number of para-hydroxylation sites is 1. The second-order valence-corrected chi connectivity index (χ2v) is 5.28. The summed E-state index contributed by atoms with van der Waals surface area (Å²) in [4.78, 5) is 12.3.